The maximum Gasteiger partial charge on any atom is 0.0825 e. The van der Waals surface area contributed by atoms with Gasteiger partial charge in [-0.3, -0.25) is 5.10 Å². The third-order valence-corrected chi connectivity index (χ3v) is 3.23. The number of aryl methyl sites for hydroxylation is 2. The summed E-state index contributed by atoms with van der Waals surface area (Å²) in [7, 11) is 0. The molecule has 0 aliphatic carbocycles. The van der Waals surface area contributed by atoms with Crippen LogP contribution in [0, 0.1) is 13.8 Å². The van der Waals surface area contributed by atoms with Gasteiger partial charge < -0.3 is 5.32 Å². The Hall–Kier alpha value is -1.77. The van der Waals surface area contributed by atoms with Crippen LogP contribution in [0.3, 0.4) is 0 Å². The minimum atomic E-state index is 0.353. The van der Waals surface area contributed by atoms with Gasteiger partial charge >= 0.3 is 0 Å². The molecule has 1 unspecified atom stereocenters. The Balaban J connectivity index is 2.22. The second-order valence-electron chi connectivity index (χ2n) is 4.71. The smallest absolute Gasteiger partial charge is 0.0825 e. The van der Waals surface area contributed by atoms with E-state index in [-0.39, 0.29) is 0 Å². The molecule has 1 heterocycles. The van der Waals surface area contributed by atoms with Gasteiger partial charge in [-0.25, -0.2) is 0 Å². The first-order valence-electron chi connectivity index (χ1n) is 6.55. The zero-order valence-corrected chi connectivity index (χ0v) is 11.3. The van der Waals surface area contributed by atoms with E-state index in [1.807, 2.05) is 6.92 Å². The van der Waals surface area contributed by atoms with Crippen molar-refractivity contribution in [2.75, 3.05) is 5.32 Å². The van der Waals surface area contributed by atoms with Gasteiger partial charge in [0, 0.05) is 0 Å². The molecule has 0 spiro atoms. The number of aromatic nitrogens is 2. The summed E-state index contributed by atoms with van der Waals surface area (Å²) in [4.78, 5) is 0. The first-order chi connectivity index (χ1) is 8.72. The van der Waals surface area contributed by atoms with Crippen molar-refractivity contribution in [3.63, 3.8) is 0 Å². The van der Waals surface area contributed by atoms with Gasteiger partial charge in [-0.05, 0) is 25.8 Å². The summed E-state index contributed by atoms with van der Waals surface area (Å²) in [5.74, 6) is 0. The van der Waals surface area contributed by atoms with Crippen LogP contribution in [-0.2, 0) is 0 Å². The second kappa shape index (κ2) is 5.71. The van der Waals surface area contributed by atoms with Gasteiger partial charge in [-0.15, -0.1) is 0 Å². The Morgan fingerprint density at radius 1 is 1.22 bits per heavy atom. The lowest BCUT2D eigenvalue weighted by Gasteiger charge is -2.20. The highest BCUT2D eigenvalue weighted by molar-refractivity contribution is 5.53. The number of rotatable bonds is 5. The topological polar surface area (TPSA) is 40.7 Å². The zero-order chi connectivity index (χ0) is 13.0. The number of nitrogens with zero attached hydrogens (tertiary/aromatic N) is 1. The molecule has 0 fully saturated rings. The van der Waals surface area contributed by atoms with E-state index in [1.165, 1.54) is 5.56 Å². The van der Waals surface area contributed by atoms with Gasteiger partial charge in [-0.1, -0.05) is 43.7 Å². The molecule has 0 aliphatic heterocycles. The Morgan fingerprint density at radius 3 is 2.50 bits per heavy atom. The molecular formula is C15H21N3. The van der Waals surface area contributed by atoms with Crippen molar-refractivity contribution in [2.24, 2.45) is 0 Å². The maximum absolute atomic E-state index is 4.24. The quantitative estimate of drug-likeness (QED) is 0.834. The molecule has 3 heteroatoms. The number of nitrogens with one attached hydrogen (secondary N) is 2. The van der Waals surface area contributed by atoms with Gasteiger partial charge in [0.1, 0.15) is 0 Å². The third kappa shape index (κ3) is 2.73. The molecule has 3 nitrogen and oxygen atoms in total. The number of benzene rings is 1. The zero-order valence-electron chi connectivity index (χ0n) is 11.3. The van der Waals surface area contributed by atoms with Crippen LogP contribution in [0.2, 0.25) is 0 Å². The predicted octanol–water partition coefficient (Wildman–Crippen LogP) is 3.98. The summed E-state index contributed by atoms with van der Waals surface area (Å²) in [5, 5.41) is 10.9. The van der Waals surface area contributed by atoms with Crippen LogP contribution < -0.4 is 5.32 Å². The van der Waals surface area contributed by atoms with E-state index < -0.39 is 0 Å². The first kappa shape index (κ1) is 12.7. The van der Waals surface area contributed by atoms with Crippen LogP contribution in [0.4, 0.5) is 5.69 Å². The molecule has 96 valence electrons. The first-order valence-corrected chi connectivity index (χ1v) is 6.55. The van der Waals surface area contributed by atoms with Crippen molar-refractivity contribution >= 4 is 5.69 Å². The fraction of sp³-hybridized carbons (Fsp3) is 0.400. The Morgan fingerprint density at radius 2 is 1.94 bits per heavy atom. The lowest BCUT2D eigenvalue weighted by molar-refractivity contribution is 0.676. The maximum atomic E-state index is 4.24. The van der Waals surface area contributed by atoms with E-state index in [4.69, 9.17) is 0 Å². The molecule has 0 bridgehead atoms. The molecular weight excluding hydrogens is 222 g/mol. The molecule has 0 saturated heterocycles. The Kier molecular flexibility index (Phi) is 4.03. The van der Waals surface area contributed by atoms with Gasteiger partial charge in [0.25, 0.3) is 0 Å². The van der Waals surface area contributed by atoms with E-state index in [0.29, 0.717) is 6.04 Å². The minimum absolute atomic E-state index is 0.353. The Bertz CT molecular complexity index is 468. The molecule has 0 aliphatic rings. The standard InChI is InChI=1S/C15H21N3/c1-4-8-14(13-9-6-5-7-10-13)16-15-11(2)17-18-12(15)3/h5-7,9-10,14,16H,4,8H2,1-3H3,(H,17,18). The average molecular weight is 243 g/mol. The molecule has 1 aromatic heterocycles. The highest BCUT2D eigenvalue weighted by Crippen LogP contribution is 2.26. The largest absolute Gasteiger partial charge is 0.375 e. The summed E-state index contributed by atoms with van der Waals surface area (Å²) in [6.45, 7) is 6.29. The molecule has 0 saturated carbocycles. The highest BCUT2D eigenvalue weighted by Gasteiger charge is 2.14. The van der Waals surface area contributed by atoms with Crippen LogP contribution in [0.1, 0.15) is 42.8 Å². The molecule has 0 radical (unpaired) electrons. The fourth-order valence-corrected chi connectivity index (χ4v) is 2.23. The third-order valence-electron chi connectivity index (χ3n) is 3.23. The second-order valence-corrected chi connectivity index (χ2v) is 4.71. The van der Waals surface area contributed by atoms with Crippen molar-refractivity contribution in [1.82, 2.24) is 10.2 Å². The molecule has 2 rings (SSSR count). The number of hydrogen-bond donors (Lipinski definition) is 2. The lowest BCUT2D eigenvalue weighted by atomic mass is 10.0. The van der Waals surface area contributed by atoms with Crippen LogP contribution in [0.15, 0.2) is 30.3 Å². The molecule has 18 heavy (non-hydrogen) atoms. The van der Waals surface area contributed by atoms with Crippen LogP contribution >= 0.6 is 0 Å². The summed E-state index contributed by atoms with van der Waals surface area (Å²) in [6, 6.07) is 11.0. The number of anilines is 1. The minimum Gasteiger partial charge on any atom is -0.375 e. The summed E-state index contributed by atoms with van der Waals surface area (Å²) in [6.07, 6.45) is 2.27. The summed E-state index contributed by atoms with van der Waals surface area (Å²) >= 11 is 0. The van der Waals surface area contributed by atoms with Gasteiger partial charge in [0.2, 0.25) is 0 Å². The van der Waals surface area contributed by atoms with Crippen LogP contribution in [0.25, 0.3) is 0 Å². The number of aromatic amines is 1. The number of hydrogen-bond acceptors (Lipinski definition) is 2. The Labute approximate surface area is 109 Å². The summed E-state index contributed by atoms with van der Waals surface area (Å²) in [5.41, 5.74) is 4.60. The summed E-state index contributed by atoms with van der Waals surface area (Å²) < 4.78 is 0. The molecule has 2 N–H and O–H groups in total. The monoisotopic (exact) mass is 243 g/mol. The number of H-pyrrole nitrogens is 1. The van der Waals surface area contributed by atoms with Crippen molar-refractivity contribution in [3.8, 4) is 0 Å². The molecule has 0 amide bonds. The fourth-order valence-electron chi connectivity index (χ4n) is 2.23. The lowest BCUT2D eigenvalue weighted by Crippen LogP contribution is -2.11. The molecule has 1 atom stereocenters. The van der Waals surface area contributed by atoms with E-state index >= 15 is 0 Å². The van der Waals surface area contributed by atoms with E-state index in [0.717, 1.165) is 29.9 Å². The normalized spacial score (nSPS) is 12.4. The SMILES string of the molecule is CCCC(Nc1c(C)n[nH]c1C)c1ccccc1. The van der Waals surface area contributed by atoms with Crippen molar-refractivity contribution < 1.29 is 0 Å². The molecule has 2 aromatic rings. The van der Waals surface area contributed by atoms with Gasteiger partial charge in [0.15, 0.2) is 0 Å². The van der Waals surface area contributed by atoms with Gasteiger partial charge in [-0.2, -0.15) is 5.10 Å². The predicted molar refractivity (Wildman–Crippen MR) is 75.8 cm³/mol. The van der Waals surface area contributed by atoms with Gasteiger partial charge in [0.05, 0.1) is 23.1 Å². The van der Waals surface area contributed by atoms with E-state index in [2.05, 4.69) is 59.7 Å². The average Bonchev–Trinajstić information content (AvgIpc) is 2.71. The van der Waals surface area contributed by atoms with E-state index in [1.54, 1.807) is 0 Å². The van der Waals surface area contributed by atoms with Crippen molar-refractivity contribution in [3.05, 3.63) is 47.3 Å². The van der Waals surface area contributed by atoms with Crippen LogP contribution in [-0.4, -0.2) is 10.2 Å². The van der Waals surface area contributed by atoms with Crippen molar-refractivity contribution in [1.29, 1.82) is 0 Å². The van der Waals surface area contributed by atoms with Crippen molar-refractivity contribution in [2.45, 2.75) is 39.7 Å². The highest BCUT2D eigenvalue weighted by atomic mass is 15.2. The van der Waals surface area contributed by atoms with E-state index in [9.17, 15) is 0 Å². The molecule has 1 aromatic carbocycles. The van der Waals surface area contributed by atoms with Crippen LogP contribution in [0.5, 0.6) is 0 Å².